The van der Waals surface area contributed by atoms with Crippen LogP contribution in [0.2, 0.25) is 5.02 Å². The molecule has 1 amide bonds. The number of rotatable bonds is 5. The number of carbonyl (C=O) groups is 2. The predicted octanol–water partition coefficient (Wildman–Crippen LogP) is 4.31. The molecule has 0 aliphatic rings. The molecule has 0 saturated carbocycles. The quantitative estimate of drug-likeness (QED) is 0.655. The van der Waals surface area contributed by atoms with Gasteiger partial charge < -0.3 is 10.1 Å². The lowest BCUT2D eigenvalue weighted by Gasteiger charge is -2.06. The van der Waals surface area contributed by atoms with Gasteiger partial charge in [-0.05, 0) is 35.9 Å². The summed E-state index contributed by atoms with van der Waals surface area (Å²) in [6, 6.07) is 9.66. The van der Waals surface area contributed by atoms with Crippen molar-refractivity contribution in [2.75, 3.05) is 6.61 Å². The summed E-state index contributed by atoms with van der Waals surface area (Å²) in [5, 5.41) is 3.27. The van der Waals surface area contributed by atoms with Gasteiger partial charge in [0.15, 0.2) is 6.61 Å². The molecule has 1 aromatic heterocycles. The van der Waals surface area contributed by atoms with Gasteiger partial charge in [-0.25, -0.2) is 13.6 Å². The second-order valence-corrected chi connectivity index (χ2v) is 6.80. The first-order valence-corrected chi connectivity index (χ1v) is 8.69. The lowest BCUT2D eigenvalue weighted by molar-refractivity contribution is -0.124. The summed E-state index contributed by atoms with van der Waals surface area (Å²) < 4.78 is 31.5. The van der Waals surface area contributed by atoms with Gasteiger partial charge in [-0.1, -0.05) is 23.7 Å². The highest BCUT2D eigenvalue weighted by Gasteiger charge is 2.19. The monoisotopic (exact) mass is 395 g/mol. The van der Waals surface area contributed by atoms with Crippen molar-refractivity contribution in [3.63, 3.8) is 0 Å². The topological polar surface area (TPSA) is 55.4 Å². The number of hydrogen-bond acceptors (Lipinski definition) is 4. The van der Waals surface area contributed by atoms with E-state index >= 15 is 0 Å². The molecule has 1 heterocycles. The molecule has 2 aromatic carbocycles. The first-order valence-electron chi connectivity index (χ1n) is 7.50. The van der Waals surface area contributed by atoms with E-state index in [4.69, 9.17) is 16.3 Å². The molecule has 134 valence electrons. The van der Waals surface area contributed by atoms with Crippen LogP contribution in [0.5, 0.6) is 0 Å². The molecule has 4 nitrogen and oxygen atoms in total. The molecular formula is C18H12ClF2NO3S. The Morgan fingerprint density at radius 2 is 1.77 bits per heavy atom. The molecular weight excluding hydrogens is 384 g/mol. The lowest BCUT2D eigenvalue weighted by atomic mass is 10.2. The molecule has 0 aliphatic carbocycles. The van der Waals surface area contributed by atoms with Gasteiger partial charge in [-0.15, -0.1) is 11.3 Å². The number of fused-ring (bicyclic) bond motifs is 1. The SMILES string of the molecule is O=C(COC(=O)c1sc2cc(F)ccc2c1Cl)NCc1ccc(F)cc1. The Hall–Kier alpha value is -2.51. The first kappa shape index (κ1) is 18.3. The number of amides is 1. The zero-order valence-electron chi connectivity index (χ0n) is 13.2. The second-order valence-electron chi connectivity index (χ2n) is 5.36. The van der Waals surface area contributed by atoms with Gasteiger partial charge in [0.25, 0.3) is 5.91 Å². The van der Waals surface area contributed by atoms with Crippen LogP contribution in [0.25, 0.3) is 10.1 Å². The summed E-state index contributed by atoms with van der Waals surface area (Å²) in [7, 11) is 0. The van der Waals surface area contributed by atoms with E-state index in [1.807, 2.05) is 0 Å². The van der Waals surface area contributed by atoms with E-state index in [0.29, 0.717) is 15.6 Å². The maximum absolute atomic E-state index is 13.3. The molecule has 0 unspecified atom stereocenters. The third-order valence-corrected chi connectivity index (χ3v) is 5.15. The maximum Gasteiger partial charge on any atom is 0.350 e. The molecule has 8 heteroatoms. The molecule has 0 spiro atoms. The minimum Gasteiger partial charge on any atom is -0.451 e. The van der Waals surface area contributed by atoms with Gasteiger partial charge >= 0.3 is 5.97 Å². The Balaban J connectivity index is 1.57. The molecule has 1 N–H and O–H groups in total. The number of esters is 1. The van der Waals surface area contributed by atoms with Crippen molar-refractivity contribution in [1.29, 1.82) is 0 Å². The molecule has 3 rings (SSSR count). The zero-order valence-corrected chi connectivity index (χ0v) is 14.8. The maximum atomic E-state index is 13.3. The molecule has 26 heavy (non-hydrogen) atoms. The van der Waals surface area contributed by atoms with Crippen molar-refractivity contribution in [3.05, 3.63) is 69.6 Å². The Morgan fingerprint density at radius 1 is 1.08 bits per heavy atom. The minimum atomic E-state index is -0.756. The fraction of sp³-hybridized carbons (Fsp3) is 0.111. The normalized spacial score (nSPS) is 10.7. The molecule has 0 atom stereocenters. The summed E-state index contributed by atoms with van der Waals surface area (Å²) in [4.78, 5) is 24.0. The summed E-state index contributed by atoms with van der Waals surface area (Å²) in [6.45, 7) is -0.307. The lowest BCUT2D eigenvalue weighted by Crippen LogP contribution is -2.28. The van der Waals surface area contributed by atoms with E-state index in [-0.39, 0.29) is 22.3 Å². The van der Waals surface area contributed by atoms with Crippen LogP contribution in [0.1, 0.15) is 15.2 Å². The van der Waals surface area contributed by atoms with Gasteiger partial charge in [0.05, 0.1) is 5.02 Å². The third kappa shape index (κ3) is 4.17. The Bertz CT molecular complexity index is 972. The summed E-state index contributed by atoms with van der Waals surface area (Å²) in [5.74, 6) is -2.07. The van der Waals surface area contributed by atoms with Crippen LogP contribution in [0.4, 0.5) is 8.78 Å². The van der Waals surface area contributed by atoms with Crippen LogP contribution in [0.15, 0.2) is 42.5 Å². The Labute approximate surface area is 156 Å². The number of halogens is 3. The largest absolute Gasteiger partial charge is 0.451 e. The fourth-order valence-corrected chi connectivity index (χ4v) is 3.65. The molecule has 0 bridgehead atoms. The van der Waals surface area contributed by atoms with Crippen molar-refractivity contribution < 1.29 is 23.1 Å². The highest BCUT2D eigenvalue weighted by molar-refractivity contribution is 7.21. The van der Waals surface area contributed by atoms with Gasteiger partial charge in [0.2, 0.25) is 0 Å². The Kier molecular flexibility index (Phi) is 5.49. The zero-order chi connectivity index (χ0) is 18.7. The average molecular weight is 396 g/mol. The average Bonchev–Trinajstić information content (AvgIpc) is 2.95. The van der Waals surface area contributed by atoms with Gasteiger partial charge in [-0.2, -0.15) is 0 Å². The van der Waals surface area contributed by atoms with Gasteiger partial charge in [-0.3, -0.25) is 4.79 Å². The minimum absolute atomic E-state index is 0.110. The van der Waals surface area contributed by atoms with Crippen molar-refractivity contribution in [2.24, 2.45) is 0 Å². The number of carbonyl (C=O) groups excluding carboxylic acids is 2. The highest BCUT2D eigenvalue weighted by atomic mass is 35.5. The predicted molar refractivity (Wildman–Crippen MR) is 95.3 cm³/mol. The summed E-state index contributed by atoms with van der Waals surface area (Å²) in [6.07, 6.45) is 0. The molecule has 0 saturated heterocycles. The number of nitrogens with one attached hydrogen (secondary N) is 1. The van der Waals surface area contributed by atoms with E-state index in [1.165, 1.54) is 42.5 Å². The van der Waals surface area contributed by atoms with Crippen LogP contribution in [0, 0.1) is 11.6 Å². The number of benzene rings is 2. The van der Waals surface area contributed by atoms with Crippen LogP contribution >= 0.6 is 22.9 Å². The van der Waals surface area contributed by atoms with Crippen molar-refractivity contribution in [3.8, 4) is 0 Å². The van der Waals surface area contributed by atoms with Crippen LogP contribution in [-0.4, -0.2) is 18.5 Å². The van der Waals surface area contributed by atoms with Crippen molar-refractivity contribution in [2.45, 2.75) is 6.54 Å². The van der Waals surface area contributed by atoms with Crippen LogP contribution in [0.3, 0.4) is 0 Å². The van der Waals surface area contributed by atoms with Crippen molar-refractivity contribution in [1.82, 2.24) is 5.32 Å². The number of hydrogen-bond donors (Lipinski definition) is 1. The molecule has 3 aromatic rings. The van der Waals surface area contributed by atoms with E-state index in [2.05, 4.69) is 5.32 Å². The van der Waals surface area contributed by atoms with E-state index in [1.54, 1.807) is 0 Å². The Morgan fingerprint density at radius 3 is 2.50 bits per heavy atom. The van der Waals surface area contributed by atoms with E-state index in [9.17, 15) is 18.4 Å². The van der Waals surface area contributed by atoms with Crippen LogP contribution in [-0.2, 0) is 16.1 Å². The van der Waals surface area contributed by atoms with Crippen molar-refractivity contribution >= 4 is 44.9 Å². The van der Waals surface area contributed by atoms with E-state index in [0.717, 1.165) is 11.3 Å². The van der Waals surface area contributed by atoms with Gasteiger partial charge in [0.1, 0.15) is 16.5 Å². The summed E-state index contributed by atoms with van der Waals surface area (Å²) in [5.41, 5.74) is 0.709. The molecule has 0 fully saturated rings. The van der Waals surface area contributed by atoms with Gasteiger partial charge in [0, 0.05) is 16.6 Å². The first-order chi connectivity index (χ1) is 12.4. The molecule has 0 radical (unpaired) electrons. The van der Waals surface area contributed by atoms with Crippen LogP contribution < -0.4 is 5.32 Å². The third-order valence-electron chi connectivity index (χ3n) is 3.51. The molecule has 0 aliphatic heterocycles. The smallest absolute Gasteiger partial charge is 0.350 e. The number of ether oxygens (including phenoxy) is 1. The second kappa shape index (κ2) is 7.80. The number of thiophene rings is 1. The summed E-state index contributed by atoms with van der Waals surface area (Å²) >= 11 is 7.13. The standard InChI is InChI=1S/C18H12ClF2NO3S/c19-16-13-6-5-12(21)7-14(13)26-17(16)18(24)25-9-15(23)22-8-10-1-3-11(20)4-2-10/h1-7H,8-9H2,(H,22,23). The fourth-order valence-electron chi connectivity index (χ4n) is 2.22. The highest BCUT2D eigenvalue weighted by Crippen LogP contribution is 2.36. The van der Waals surface area contributed by atoms with E-state index < -0.39 is 24.3 Å².